The van der Waals surface area contributed by atoms with E-state index in [0.717, 1.165) is 19.2 Å². The van der Waals surface area contributed by atoms with Gasteiger partial charge < -0.3 is 25.4 Å². The smallest absolute Gasteiger partial charge is 0.452 e. The second kappa shape index (κ2) is 14.4. The number of halogens is 6. The quantitative estimate of drug-likeness (QED) is 0.293. The summed E-state index contributed by atoms with van der Waals surface area (Å²) in [6, 6.07) is 4.24. The fourth-order valence-corrected chi connectivity index (χ4v) is 3.89. The van der Waals surface area contributed by atoms with Crippen LogP contribution in [0.4, 0.5) is 22.0 Å². The van der Waals surface area contributed by atoms with Crippen LogP contribution in [0, 0.1) is 5.92 Å². The first-order valence-corrected chi connectivity index (χ1v) is 12.7. The van der Waals surface area contributed by atoms with E-state index in [0.29, 0.717) is 5.75 Å². The van der Waals surface area contributed by atoms with Crippen LogP contribution in [-0.4, -0.2) is 62.6 Å². The minimum Gasteiger partial charge on any atom is -0.497 e. The highest BCUT2D eigenvalue weighted by Crippen LogP contribution is 2.30. The van der Waals surface area contributed by atoms with Crippen molar-refractivity contribution in [2.75, 3.05) is 20.8 Å². The van der Waals surface area contributed by atoms with Gasteiger partial charge in [0.25, 0.3) is 11.7 Å². The Balaban J connectivity index is 2.38. The summed E-state index contributed by atoms with van der Waals surface area (Å²) in [5.74, 6) is -11.3. The number of carbonyl (C=O) groups excluding carboxylic acids is 4. The van der Waals surface area contributed by atoms with Crippen LogP contribution >= 0.6 is 11.6 Å². The molecule has 3 amide bonds. The van der Waals surface area contributed by atoms with Gasteiger partial charge >= 0.3 is 12.1 Å². The maximum Gasteiger partial charge on any atom is 0.452 e. The van der Waals surface area contributed by atoms with Gasteiger partial charge in [0.1, 0.15) is 17.8 Å². The van der Waals surface area contributed by atoms with Crippen LogP contribution in [0.5, 0.6) is 5.75 Å². The Morgan fingerprint density at radius 1 is 0.881 bits per heavy atom. The van der Waals surface area contributed by atoms with Crippen LogP contribution in [0.3, 0.4) is 0 Å². The number of ketones is 1. The predicted octanol–water partition coefficient (Wildman–Crippen LogP) is 3.70. The minimum atomic E-state index is -5.26. The van der Waals surface area contributed by atoms with Gasteiger partial charge in [-0.25, -0.2) is 0 Å². The number of ether oxygens (including phenoxy) is 2. The molecule has 0 saturated heterocycles. The number of amides is 3. The Bertz CT molecular complexity index is 1270. The third kappa shape index (κ3) is 8.86. The van der Waals surface area contributed by atoms with Crippen molar-refractivity contribution in [3.05, 3.63) is 64.7 Å². The molecular formula is C27H29ClF5N3O6. The molecule has 0 aliphatic heterocycles. The summed E-state index contributed by atoms with van der Waals surface area (Å²) >= 11 is 5.75. The molecule has 0 radical (unpaired) electrons. The van der Waals surface area contributed by atoms with E-state index in [1.165, 1.54) is 57.4 Å². The highest BCUT2D eigenvalue weighted by molar-refractivity contribution is 6.30. The molecule has 0 aromatic heterocycles. The van der Waals surface area contributed by atoms with E-state index in [4.69, 9.17) is 21.1 Å². The summed E-state index contributed by atoms with van der Waals surface area (Å²) in [6.07, 6.45) is -5.26. The Hall–Kier alpha value is -3.78. The maximum absolute atomic E-state index is 14.9. The van der Waals surface area contributed by atoms with E-state index >= 15 is 0 Å². The van der Waals surface area contributed by atoms with Crippen LogP contribution < -0.4 is 20.7 Å². The zero-order valence-corrected chi connectivity index (χ0v) is 23.6. The van der Waals surface area contributed by atoms with Crippen molar-refractivity contribution < 1.29 is 50.6 Å². The molecule has 0 unspecified atom stereocenters. The molecule has 0 heterocycles. The summed E-state index contributed by atoms with van der Waals surface area (Å²) < 4.78 is 79.2. The highest BCUT2D eigenvalue weighted by atomic mass is 35.5. The summed E-state index contributed by atoms with van der Waals surface area (Å²) in [4.78, 5) is 50.9. The van der Waals surface area contributed by atoms with Gasteiger partial charge in [-0.2, -0.15) is 22.0 Å². The van der Waals surface area contributed by atoms with E-state index in [-0.39, 0.29) is 10.6 Å². The Labute approximate surface area is 243 Å². The molecule has 15 heteroatoms. The number of alkyl halides is 5. The lowest BCUT2D eigenvalue weighted by Crippen LogP contribution is -2.56. The fraction of sp³-hybridized carbons (Fsp3) is 0.407. The van der Waals surface area contributed by atoms with Gasteiger partial charge in [-0.3, -0.25) is 19.2 Å². The summed E-state index contributed by atoms with van der Waals surface area (Å²) in [5, 5.41) is 6.05. The van der Waals surface area contributed by atoms with E-state index in [1.807, 2.05) is 10.6 Å². The first-order valence-electron chi connectivity index (χ1n) is 12.3. The van der Waals surface area contributed by atoms with Gasteiger partial charge in [0.2, 0.25) is 11.8 Å². The lowest BCUT2D eigenvalue weighted by Gasteiger charge is -2.27. The number of methoxy groups -OCH3 is 2. The molecule has 0 spiro atoms. The van der Waals surface area contributed by atoms with Crippen molar-refractivity contribution in [2.45, 2.75) is 44.1 Å². The van der Waals surface area contributed by atoms with Crippen molar-refractivity contribution in [3.8, 4) is 5.75 Å². The average molecular weight is 622 g/mol. The van der Waals surface area contributed by atoms with Crippen molar-refractivity contribution in [1.29, 1.82) is 0 Å². The zero-order chi connectivity index (χ0) is 31.8. The van der Waals surface area contributed by atoms with Gasteiger partial charge in [0.05, 0.1) is 19.8 Å². The fourth-order valence-electron chi connectivity index (χ4n) is 3.70. The second-order valence-electron chi connectivity index (χ2n) is 9.37. The number of nitrogens with one attached hydrogen (secondary N) is 3. The molecular weight excluding hydrogens is 593 g/mol. The topological polar surface area (TPSA) is 123 Å². The summed E-state index contributed by atoms with van der Waals surface area (Å²) in [5.41, 5.74) is -0.719. The average Bonchev–Trinajstić information content (AvgIpc) is 2.93. The molecule has 42 heavy (non-hydrogen) atoms. The monoisotopic (exact) mass is 621 g/mol. The van der Waals surface area contributed by atoms with Gasteiger partial charge in [-0.1, -0.05) is 49.7 Å². The summed E-state index contributed by atoms with van der Waals surface area (Å²) in [6.45, 7) is 1.93. The molecule has 9 nitrogen and oxygen atoms in total. The first kappa shape index (κ1) is 34.4. The lowest BCUT2D eigenvalue weighted by atomic mass is 9.97. The van der Waals surface area contributed by atoms with Crippen molar-refractivity contribution in [1.82, 2.24) is 16.0 Å². The molecule has 230 valence electrons. The number of carbonyl (C=O) groups is 4. The Morgan fingerprint density at radius 3 is 2.00 bits per heavy atom. The van der Waals surface area contributed by atoms with E-state index in [2.05, 4.69) is 5.32 Å². The van der Waals surface area contributed by atoms with Crippen molar-refractivity contribution in [2.24, 2.45) is 5.92 Å². The molecule has 0 aliphatic carbocycles. The van der Waals surface area contributed by atoms with Crippen LogP contribution in [-0.2, 0) is 29.8 Å². The third-order valence-electron chi connectivity index (χ3n) is 5.95. The van der Waals surface area contributed by atoms with Gasteiger partial charge in [0.15, 0.2) is 0 Å². The molecule has 2 rings (SSSR count). The molecule has 3 N–H and O–H groups in total. The van der Waals surface area contributed by atoms with E-state index in [9.17, 15) is 41.1 Å². The lowest BCUT2D eigenvalue weighted by molar-refractivity contribution is -0.175. The van der Waals surface area contributed by atoms with Crippen LogP contribution in [0.2, 0.25) is 5.02 Å². The normalized spacial score (nSPS) is 14.0. The number of hydrogen-bond donors (Lipinski definition) is 3. The molecule has 0 fully saturated rings. The Morgan fingerprint density at radius 2 is 1.50 bits per heavy atom. The summed E-state index contributed by atoms with van der Waals surface area (Å²) in [7, 11) is 2.47. The maximum atomic E-state index is 14.9. The van der Waals surface area contributed by atoms with Gasteiger partial charge in [-0.05, 0) is 35.7 Å². The van der Waals surface area contributed by atoms with Crippen molar-refractivity contribution in [3.63, 3.8) is 0 Å². The highest BCUT2D eigenvalue weighted by Gasteiger charge is 2.46. The number of rotatable bonds is 13. The third-order valence-corrected chi connectivity index (χ3v) is 6.19. The number of benzene rings is 2. The number of Topliss-reactive ketones (excluding diaryl/α,β-unsaturated/α-hetero) is 1. The van der Waals surface area contributed by atoms with Crippen LogP contribution in [0.15, 0.2) is 48.5 Å². The molecule has 0 bridgehead atoms. The number of hydrogen-bond acceptors (Lipinski definition) is 6. The van der Waals surface area contributed by atoms with Gasteiger partial charge in [-0.15, -0.1) is 0 Å². The second-order valence-corrected chi connectivity index (χ2v) is 9.81. The van der Waals surface area contributed by atoms with Crippen LogP contribution in [0.1, 0.15) is 31.0 Å². The first-order chi connectivity index (χ1) is 19.5. The van der Waals surface area contributed by atoms with Crippen molar-refractivity contribution >= 4 is 35.1 Å². The molecule has 2 aromatic carbocycles. The van der Waals surface area contributed by atoms with E-state index in [1.54, 1.807) is 0 Å². The SMILES string of the molecule is COC[C@@H](NC(=O)C(F)(F)c1cccc(Cl)c1)C(=O)N[C@H](C(=O)N[C@H](C(=O)C(F)(F)F)C(C)C)c1ccc(OC)cc1. The largest absolute Gasteiger partial charge is 0.497 e. The minimum absolute atomic E-state index is 0.0374. The van der Waals surface area contributed by atoms with E-state index < -0.39 is 71.8 Å². The molecule has 3 atom stereocenters. The van der Waals surface area contributed by atoms with Gasteiger partial charge in [0, 0.05) is 17.7 Å². The standard InChI is InChI=1S/C27H29ClF5N3O6/c1-14(2)20(22(37)27(31,32)33)35-24(39)21(15-8-10-18(42-4)11-9-15)36-23(38)19(13-41-3)34-25(40)26(29,30)16-6-5-7-17(28)12-16/h5-12,14,19-21H,13H2,1-4H3,(H,34,40)(H,35,39)(H,36,38)/t19-,20+,21+/m1/s1. The molecule has 2 aromatic rings. The molecule has 0 saturated carbocycles. The predicted molar refractivity (Wildman–Crippen MR) is 141 cm³/mol. The van der Waals surface area contributed by atoms with Crippen LogP contribution in [0.25, 0.3) is 0 Å². The Kier molecular flexibility index (Phi) is 11.8. The molecule has 0 aliphatic rings. The zero-order valence-electron chi connectivity index (χ0n) is 22.9.